The summed E-state index contributed by atoms with van der Waals surface area (Å²) in [7, 11) is 0. The maximum atomic E-state index is 6.51. The van der Waals surface area contributed by atoms with Crippen molar-refractivity contribution < 1.29 is 4.52 Å². The van der Waals surface area contributed by atoms with Gasteiger partial charge < -0.3 is 4.52 Å². The molecule has 2 heterocycles. The number of aromatic nitrogens is 4. The van der Waals surface area contributed by atoms with E-state index in [-0.39, 0.29) is 0 Å². The maximum Gasteiger partial charge on any atom is 0.230 e. The van der Waals surface area contributed by atoms with Gasteiger partial charge in [-0.15, -0.1) is 0 Å². The predicted molar refractivity (Wildman–Crippen MR) is 119 cm³/mol. The highest BCUT2D eigenvalue weighted by molar-refractivity contribution is 6.35. The van der Waals surface area contributed by atoms with E-state index in [2.05, 4.69) is 17.1 Å². The molecule has 0 N–H and O–H groups in total. The smallest absolute Gasteiger partial charge is 0.230 e. The third-order valence-electron chi connectivity index (χ3n) is 5.46. The summed E-state index contributed by atoms with van der Waals surface area (Å²) < 4.78 is 7.31. The van der Waals surface area contributed by atoms with Crippen LogP contribution in [-0.2, 0) is 0 Å². The zero-order valence-corrected chi connectivity index (χ0v) is 18.5. The molecule has 0 aliphatic heterocycles. The van der Waals surface area contributed by atoms with E-state index in [1.807, 2.05) is 37.3 Å². The highest BCUT2D eigenvalue weighted by Crippen LogP contribution is 2.46. The molecule has 0 saturated heterocycles. The summed E-state index contributed by atoms with van der Waals surface area (Å²) in [6.45, 7) is 4.16. The number of rotatable bonds is 4. The molecule has 0 spiro atoms. The molecule has 2 aromatic heterocycles. The van der Waals surface area contributed by atoms with Crippen LogP contribution < -0.4 is 0 Å². The topological polar surface area (TPSA) is 56.7 Å². The fraction of sp³-hybridized carbons (Fsp3) is 0.227. The second-order valence-corrected chi connectivity index (χ2v) is 8.89. The molecule has 2 aromatic carbocycles. The van der Waals surface area contributed by atoms with E-state index in [1.165, 1.54) is 0 Å². The zero-order chi connectivity index (χ0) is 21.0. The molecule has 0 amide bonds. The highest BCUT2D eigenvalue weighted by Gasteiger charge is 2.39. The first kappa shape index (κ1) is 19.6. The number of halogens is 3. The van der Waals surface area contributed by atoms with Crippen molar-refractivity contribution in [2.75, 3.05) is 0 Å². The standard InChI is InChI=1S/C22H17Cl3N4O/c1-11-9-16(11)22-26-21(28-30-22)19-12(2)20(13-3-5-14(23)6-4-13)29(27-19)18-8-7-15(24)10-17(18)25/h3-8,10-11,16H,9H2,1-2H3. The molecule has 0 radical (unpaired) electrons. The van der Waals surface area contributed by atoms with Crippen LogP contribution in [0.1, 0.15) is 30.7 Å². The lowest BCUT2D eigenvalue weighted by Gasteiger charge is -2.11. The lowest BCUT2D eigenvalue weighted by atomic mass is 10.1. The SMILES string of the molecule is Cc1c(-c2noc(C3CC3C)n2)nn(-c2ccc(Cl)cc2Cl)c1-c1ccc(Cl)cc1. The summed E-state index contributed by atoms with van der Waals surface area (Å²) >= 11 is 18.7. The molecule has 152 valence electrons. The quantitative estimate of drug-likeness (QED) is 0.330. The highest BCUT2D eigenvalue weighted by atomic mass is 35.5. The molecule has 2 atom stereocenters. The minimum absolute atomic E-state index is 0.343. The van der Waals surface area contributed by atoms with Gasteiger partial charge in [-0.2, -0.15) is 10.1 Å². The van der Waals surface area contributed by atoms with Crippen LogP contribution >= 0.6 is 34.8 Å². The molecule has 1 saturated carbocycles. The Labute approximate surface area is 188 Å². The van der Waals surface area contributed by atoms with Gasteiger partial charge in [0.1, 0.15) is 5.69 Å². The first-order chi connectivity index (χ1) is 14.4. The van der Waals surface area contributed by atoms with Crippen LogP contribution in [0.2, 0.25) is 15.1 Å². The van der Waals surface area contributed by atoms with Crippen LogP contribution in [0.25, 0.3) is 28.5 Å². The van der Waals surface area contributed by atoms with Gasteiger partial charge in [-0.25, -0.2) is 4.68 Å². The van der Waals surface area contributed by atoms with Crippen molar-refractivity contribution in [2.45, 2.75) is 26.2 Å². The van der Waals surface area contributed by atoms with Crippen molar-refractivity contribution in [1.82, 2.24) is 19.9 Å². The summed E-state index contributed by atoms with van der Waals surface area (Å²) in [5.74, 6) is 2.06. The Hall–Kier alpha value is -2.34. The molecule has 5 rings (SSSR count). The van der Waals surface area contributed by atoms with Gasteiger partial charge in [0.2, 0.25) is 11.7 Å². The normalized spacial score (nSPS) is 18.0. The fourth-order valence-electron chi connectivity index (χ4n) is 3.63. The summed E-state index contributed by atoms with van der Waals surface area (Å²) in [5, 5.41) is 10.7. The summed E-state index contributed by atoms with van der Waals surface area (Å²) in [5.41, 5.74) is 4.09. The largest absolute Gasteiger partial charge is 0.339 e. The molecule has 1 fully saturated rings. The van der Waals surface area contributed by atoms with Crippen molar-refractivity contribution in [1.29, 1.82) is 0 Å². The van der Waals surface area contributed by atoms with Crippen LogP contribution in [0.15, 0.2) is 47.0 Å². The molecule has 2 unspecified atom stereocenters. The van der Waals surface area contributed by atoms with Crippen molar-refractivity contribution >= 4 is 34.8 Å². The number of hydrogen-bond acceptors (Lipinski definition) is 4. The lowest BCUT2D eigenvalue weighted by Crippen LogP contribution is -2.00. The van der Waals surface area contributed by atoms with E-state index in [0.29, 0.717) is 50.0 Å². The van der Waals surface area contributed by atoms with Gasteiger partial charge in [-0.1, -0.05) is 59.0 Å². The van der Waals surface area contributed by atoms with Gasteiger partial charge in [0.05, 0.1) is 16.4 Å². The molecule has 8 heteroatoms. The Bertz CT molecular complexity index is 1250. The van der Waals surface area contributed by atoms with E-state index < -0.39 is 0 Å². The Kier molecular flexibility index (Phi) is 4.85. The number of nitrogens with zero attached hydrogens (tertiary/aromatic N) is 4. The fourth-order valence-corrected chi connectivity index (χ4v) is 4.25. The Morgan fingerprint density at radius 2 is 1.73 bits per heavy atom. The third-order valence-corrected chi connectivity index (χ3v) is 6.25. The van der Waals surface area contributed by atoms with Crippen molar-refractivity contribution in [3.8, 4) is 28.5 Å². The van der Waals surface area contributed by atoms with E-state index in [0.717, 1.165) is 23.2 Å². The van der Waals surface area contributed by atoms with Gasteiger partial charge in [-0.05, 0) is 49.6 Å². The van der Waals surface area contributed by atoms with Crippen molar-refractivity contribution in [3.05, 3.63) is 69.0 Å². The Morgan fingerprint density at radius 3 is 2.40 bits per heavy atom. The van der Waals surface area contributed by atoms with Crippen molar-refractivity contribution in [3.63, 3.8) is 0 Å². The first-order valence-corrected chi connectivity index (χ1v) is 10.7. The molecule has 5 nitrogen and oxygen atoms in total. The van der Waals surface area contributed by atoms with E-state index in [9.17, 15) is 0 Å². The second kappa shape index (κ2) is 7.41. The molecule has 4 aromatic rings. The first-order valence-electron chi connectivity index (χ1n) is 9.57. The minimum atomic E-state index is 0.343. The molecule has 1 aliphatic carbocycles. The lowest BCUT2D eigenvalue weighted by molar-refractivity contribution is 0.376. The molecule has 1 aliphatic rings. The van der Waals surface area contributed by atoms with E-state index in [4.69, 9.17) is 44.4 Å². The monoisotopic (exact) mass is 458 g/mol. The predicted octanol–water partition coefficient (Wildman–Crippen LogP) is 6.98. The van der Waals surface area contributed by atoms with Gasteiger partial charge in [0.15, 0.2) is 0 Å². The average Bonchev–Trinajstić information content (AvgIpc) is 3.11. The van der Waals surface area contributed by atoms with Crippen molar-refractivity contribution in [2.24, 2.45) is 5.92 Å². The van der Waals surface area contributed by atoms with Gasteiger partial charge in [-0.3, -0.25) is 0 Å². The third kappa shape index (κ3) is 3.41. The van der Waals surface area contributed by atoms with E-state index in [1.54, 1.807) is 16.8 Å². The second-order valence-electron chi connectivity index (χ2n) is 7.61. The molecule has 30 heavy (non-hydrogen) atoms. The van der Waals surface area contributed by atoms with Crippen LogP contribution in [-0.4, -0.2) is 19.9 Å². The van der Waals surface area contributed by atoms with Crippen LogP contribution in [0, 0.1) is 12.8 Å². The van der Waals surface area contributed by atoms with Crippen LogP contribution in [0.5, 0.6) is 0 Å². The van der Waals surface area contributed by atoms with Gasteiger partial charge in [0.25, 0.3) is 0 Å². The maximum absolute atomic E-state index is 6.51. The number of hydrogen-bond donors (Lipinski definition) is 0. The summed E-state index contributed by atoms with van der Waals surface area (Å²) in [4.78, 5) is 4.62. The summed E-state index contributed by atoms with van der Waals surface area (Å²) in [6, 6.07) is 12.9. The van der Waals surface area contributed by atoms with Gasteiger partial charge in [0, 0.05) is 27.1 Å². The Morgan fingerprint density at radius 1 is 1.03 bits per heavy atom. The number of benzene rings is 2. The van der Waals surface area contributed by atoms with Crippen LogP contribution in [0.3, 0.4) is 0 Å². The average molecular weight is 460 g/mol. The Balaban J connectivity index is 1.69. The molecule has 0 bridgehead atoms. The van der Waals surface area contributed by atoms with E-state index >= 15 is 0 Å². The van der Waals surface area contributed by atoms with Gasteiger partial charge >= 0.3 is 0 Å². The zero-order valence-electron chi connectivity index (χ0n) is 16.2. The minimum Gasteiger partial charge on any atom is -0.339 e. The van der Waals surface area contributed by atoms with Crippen LogP contribution in [0.4, 0.5) is 0 Å². The molecular weight excluding hydrogens is 443 g/mol. The summed E-state index contributed by atoms with van der Waals surface area (Å²) in [6.07, 6.45) is 1.07. The molecular formula is C22H17Cl3N4O.